The van der Waals surface area contributed by atoms with Crippen LogP contribution in [0.1, 0.15) is 42.8 Å². The van der Waals surface area contributed by atoms with E-state index in [0.717, 1.165) is 6.42 Å². The summed E-state index contributed by atoms with van der Waals surface area (Å²) in [6, 6.07) is 3.28. The van der Waals surface area contributed by atoms with Gasteiger partial charge in [0, 0.05) is 6.42 Å². The van der Waals surface area contributed by atoms with Crippen molar-refractivity contribution in [3.05, 3.63) is 23.7 Å². The van der Waals surface area contributed by atoms with Crippen LogP contribution in [-0.4, -0.2) is 11.9 Å². The highest BCUT2D eigenvalue weighted by Crippen LogP contribution is 2.11. The maximum absolute atomic E-state index is 11.8. The summed E-state index contributed by atoms with van der Waals surface area (Å²) in [7, 11) is 0. The number of hydrogen-bond donors (Lipinski definition) is 1. The molecule has 1 amide bonds. The second-order valence-corrected chi connectivity index (χ2v) is 3.55. The van der Waals surface area contributed by atoms with Crippen molar-refractivity contribution in [3.8, 4) is 6.07 Å². The fourth-order valence-corrected chi connectivity index (χ4v) is 1.51. The van der Waals surface area contributed by atoms with Crippen molar-refractivity contribution in [2.75, 3.05) is 0 Å². The van der Waals surface area contributed by atoms with Gasteiger partial charge in [-0.15, -0.1) is 0 Å². The number of rotatable bonds is 5. The van der Waals surface area contributed by atoms with Gasteiger partial charge in [-0.25, -0.2) is 0 Å². The average Bonchev–Trinajstić information content (AvgIpc) is 2.76. The van der Waals surface area contributed by atoms with Gasteiger partial charge in [0.15, 0.2) is 0 Å². The van der Waals surface area contributed by atoms with Gasteiger partial charge in [-0.2, -0.15) is 5.26 Å². The topological polar surface area (TPSA) is 66.0 Å². The highest BCUT2D eigenvalue weighted by Gasteiger charge is 2.16. The molecule has 0 aliphatic rings. The van der Waals surface area contributed by atoms with Gasteiger partial charge < -0.3 is 9.73 Å². The Morgan fingerprint density at radius 1 is 1.62 bits per heavy atom. The number of hydrogen-bond acceptors (Lipinski definition) is 3. The molecule has 16 heavy (non-hydrogen) atoms. The van der Waals surface area contributed by atoms with Gasteiger partial charge in [0.05, 0.1) is 17.9 Å². The van der Waals surface area contributed by atoms with Crippen LogP contribution < -0.4 is 5.32 Å². The van der Waals surface area contributed by atoms with Crippen molar-refractivity contribution >= 4 is 5.91 Å². The van der Waals surface area contributed by atoms with Crippen molar-refractivity contribution in [1.82, 2.24) is 5.32 Å². The molecule has 4 heteroatoms. The minimum Gasteiger partial charge on any atom is -0.469 e. The summed E-state index contributed by atoms with van der Waals surface area (Å²) >= 11 is 0. The van der Waals surface area contributed by atoms with Crippen LogP contribution in [0.3, 0.4) is 0 Å². The van der Waals surface area contributed by atoms with E-state index in [1.807, 2.05) is 13.8 Å². The van der Waals surface area contributed by atoms with Crippen LogP contribution >= 0.6 is 0 Å². The summed E-state index contributed by atoms with van der Waals surface area (Å²) in [5, 5.41) is 11.5. The van der Waals surface area contributed by atoms with Crippen LogP contribution in [0.5, 0.6) is 0 Å². The Bertz CT molecular complexity index is 390. The van der Waals surface area contributed by atoms with Gasteiger partial charge in [-0.3, -0.25) is 4.79 Å². The molecule has 0 radical (unpaired) electrons. The highest BCUT2D eigenvalue weighted by molar-refractivity contribution is 5.95. The van der Waals surface area contributed by atoms with Crippen molar-refractivity contribution in [2.24, 2.45) is 0 Å². The molecule has 0 saturated heterocycles. The smallest absolute Gasteiger partial charge is 0.255 e. The van der Waals surface area contributed by atoms with Crippen molar-refractivity contribution in [2.45, 2.75) is 39.2 Å². The quantitative estimate of drug-likeness (QED) is 0.827. The molecule has 1 heterocycles. The molecule has 4 nitrogen and oxygen atoms in total. The van der Waals surface area contributed by atoms with Crippen LogP contribution in [0.4, 0.5) is 0 Å². The van der Waals surface area contributed by atoms with Crippen LogP contribution in [0.2, 0.25) is 0 Å². The van der Waals surface area contributed by atoms with E-state index >= 15 is 0 Å². The first-order chi connectivity index (χ1) is 7.72. The molecular formula is C12H16N2O2. The second-order valence-electron chi connectivity index (χ2n) is 3.55. The van der Waals surface area contributed by atoms with E-state index in [9.17, 15) is 4.79 Å². The fourth-order valence-electron chi connectivity index (χ4n) is 1.51. The summed E-state index contributed by atoms with van der Waals surface area (Å²) in [4.78, 5) is 11.8. The standard InChI is InChI=1S/C12H16N2O2/c1-3-5-9(8-13)14-12(15)10-6-7-16-11(10)4-2/h6-7,9H,3-5H2,1-2H3,(H,14,15). The van der Waals surface area contributed by atoms with Crippen LogP contribution in [0, 0.1) is 11.3 Å². The van der Waals surface area contributed by atoms with Gasteiger partial charge in [0.25, 0.3) is 5.91 Å². The van der Waals surface area contributed by atoms with Gasteiger partial charge in [0.1, 0.15) is 11.8 Å². The average molecular weight is 220 g/mol. The van der Waals surface area contributed by atoms with E-state index in [-0.39, 0.29) is 5.91 Å². The number of nitrogens with zero attached hydrogens (tertiary/aromatic N) is 1. The molecule has 1 rings (SSSR count). The molecule has 86 valence electrons. The molecule has 0 aliphatic heterocycles. The first-order valence-corrected chi connectivity index (χ1v) is 5.49. The Morgan fingerprint density at radius 2 is 2.38 bits per heavy atom. The van der Waals surface area contributed by atoms with Crippen LogP contribution in [0.25, 0.3) is 0 Å². The molecule has 1 aromatic heterocycles. The van der Waals surface area contributed by atoms with E-state index < -0.39 is 6.04 Å². The lowest BCUT2D eigenvalue weighted by atomic mass is 10.1. The number of amides is 1. The first kappa shape index (κ1) is 12.3. The van der Waals surface area contributed by atoms with Crippen molar-refractivity contribution in [1.29, 1.82) is 5.26 Å². The Hall–Kier alpha value is -1.76. The summed E-state index contributed by atoms with van der Waals surface area (Å²) in [6.45, 7) is 3.90. The normalized spacial score (nSPS) is 11.8. The molecule has 0 fully saturated rings. The molecule has 0 bridgehead atoms. The van der Waals surface area contributed by atoms with E-state index in [4.69, 9.17) is 9.68 Å². The Kier molecular flexibility index (Phi) is 4.59. The molecule has 1 atom stereocenters. The molecule has 0 saturated carbocycles. The minimum atomic E-state index is -0.419. The van der Waals surface area contributed by atoms with Crippen molar-refractivity contribution < 1.29 is 9.21 Å². The monoisotopic (exact) mass is 220 g/mol. The lowest BCUT2D eigenvalue weighted by molar-refractivity contribution is 0.0942. The summed E-state index contributed by atoms with van der Waals surface area (Å²) in [6.07, 6.45) is 3.70. The lowest BCUT2D eigenvalue weighted by Gasteiger charge is -2.09. The maximum atomic E-state index is 11.8. The third-order valence-electron chi connectivity index (χ3n) is 2.35. The van der Waals surface area contributed by atoms with Gasteiger partial charge in [-0.05, 0) is 12.5 Å². The first-order valence-electron chi connectivity index (χ1n) is 5.49. The number of furan rings is 1. The number of carbonyl (C=O) groups is 1. The zero-order chi connectivity index (χ0) is 12.0. The van der Waals surface area contributed by atoms with Crippen LogP contribution in [-0.2, 0) is 6.42 Å². The third-order valence-corrected chi connectivity index (χ3v) is 2.35. The summed E-state index contributed by atoms with van der Waals surface area (Å²) in [5.41, 5.74) is 0.527. The minimum absolute atomic E-state index is 0.231. The maximum Gasteiger partial charge on any atom is 0.255 e. The second kappa shape index (κ2) is 5.96. The molecule has 1 aromatic rings. The van der Waals surface area contributed by atoms with Gasteiger partial charge in [0.2, 0.25) is 0 Å². The largest absolute Gasteiger partial charge is 0.469 e. The molecule has 1 N–H and O–H groups in total. The zero-order valence-corrected chi connectivity index (χ0v) is 9.62. The van der Waals surface area contributed by atoms with E-state index in [2.05, 4.69) is 11.4 Å². The van der Waals surface area contributed by atoms with Crippen LogP contribution in [0.15, 0.2) is 16.7 Å². The SMILES string of the molecule is CCCC(C#N)NC(=O)c1ccoc1CC. The highest BCUT2D eigenvalue weighted by atomic mass is 16.3. The summed E-state index contributed by atoms with van der Waals surface area (Å²) < 4.78 is 5.17. The predicted octanol–water partition coefficient (Wildman–Crippen LogP) is 2.26. The van der Waals surface area contributed by atoms with Gasteiger partial charge in [-0.1, -0.05) is 20.3 Å². The molecule has 0 aliphatic carbocycles. The van der Waals surface area contributed by atoms with Gasteiger partial charge >= 0.3 is 0 Å². The number of nitrogens with one attached hydrogen (secondary N) is 1. The zero-order valence-electron chi connectivity index (χ0n) is 9.62. The Morgan fingerprint density at radius 3 is 2.94 bits per heavy atom. The predicted molar refractivity (Wildman–Crippen MR) is 59.9 cm³/mol. The molecule has 1 unspecified atom stereocenters. The van der Waals surface area contributed by atoms with E-state index in [1.54, 1.807) is 6.07 Å². The summed E-state index contributed by atoms with van der Waals surface area (Å²) in [5.74, 6) is 0.427. The Balaban J connectivity index is 2.68. The molecule has 0 spiro atoms. The van der Waals surface area contributed by atoms with Crippen molar-refractivity contribution in [3.63, 3.8) is 0 Å². The third kappa shape index (κ3) is 2.86. The number of carbonyl (C=O) groups excluding carboxylic acids is 1. The Labute approximate surface area is 95.2 Å². The number of aryl methyl sites for hydroxylation is 1. The molecular weight excluding hydrogens is 204 g/mol. The van der Waals surface area contributed by atoms with E-state index in [1.165, 1.54) is 6.26 Å². The van der Waals surface area contributed by atoms with E-state index in [0.29, 0.717) is 24.2 Å². The molecule has 0 aromatic carbocycles. The lowest BCUT2D eigenvalue weighted by Crippen LogP contribution is -2.33. The fraction of sp³-hybridized carbons (Fsp3) is 0.500. The number of nitriles is 1.